The topological polar surface area (TPSA) is 68.3 Å². The van der Waals surface area contributed by atoms with Crippen LogP contribution in [0.25, 0.3) is 0 Å². The zero-order valence-corrected chi connectivity index (χ0v) is 10.4. The molecule has 1 aromatic carbocycles. The first kappa shape index (κ1) is 13.5. The van der Waals surface area contributed by atoms with E-state index in [2.05, 4.69) is 19.0 Å². The molecule has 0 aliphatic rings. The van der Waals surface area contributed by atoms with Crippen molar-refractivity contribution in [3.8, 4) is 0 Å². The van der Waals surface area contributed by atoms with E-state index in [0.717, 1.165) is 0 Å². The van der Waals surface area contributed by atoms with E-state index >= 15 is 0 Å². The van der Waals surface area contributed by atoms with Gasteiger partial charge in [-0.15, -0.1) is 9.46 Å². The number of aromatic nitrogens is 2. The molecule has 0 N–H and O–H groups in total. The molecule has 0 aliphatic carbocycles. The zero-order valence-electron chi connectivity index (χ0n) is 9.59. The van der Waals surface area contributed by atoms with Crippen LogP contribution in [-0.2, 0) is 15.9 Å². The van der Waals surface area contributed by atoms with Crippen molar-refractivity contribution in [1.82, 2.24) is 10.2 Å². The van der Waals surface area contributed by atoms with Gasteiger partial charge in [0.15, 0.2) is 0 Å². The molecule has 1 unspecified atom stereocenters. The Morgan fingerprint density at radius 3 is 2.37 bits per heavy atom. The summed E-state index contributed by atoms with van der Waals surface area (Å²) in [6, 6.07) is 7.43. The summed E-state index contributed by atoms with van der Waals surface area (Å²) in [5.41, 5.74) is 0. The van der Waals surface area contributed by atoms with Crippen molar-refractivity contribution in [3.63, 3.8) is 0 Å². The molecule has 19 heavy (non-hydrogen) atoms. The van der Waals surface area contributed by atoms with Crippen molar-refractivity contribution in [3.05, 3.63) is 36.2 Å². The Kier molecular flexibility index (Phi) is 3.31. The molecule has 0 amide bonds. The lowest BCUT2D eigenvalue weighted by Gasteiger charge is -2.01. The monoisotopic (exact) mass is 291 g/mol. The molecule has 1 heterocycles. The average Bonchev–Trinajstić information content (AvgIpc) is 2.78. The molecule has 1 atom stereocenters. The lowest BCUT2D eigenvalue weighted by molar-refractivity contribution is -0.156. The third-order valence-corrected chi connectivity index (χ3v) is 3.74. The lowest BCUT2D eigenvalue weighted by Crippen LogP contribution is -2.04. The number of alkyl halides is 3. The van der Waals surface area contributed by atoms with Gasteiger partial charge in [-0.05, 0) is 12.1 Å². The maximum Gasteiger partial charge on any atom is 0.470 e. The molecule has 1 aromatic heterocycles. The second kappa shape index (κ2) is 4.65. The van der Waals surface area contributed by atoms with Crippen molar-refractivity contribution in [2.75, 3.05) is 6.26 Å². The van der Waals surface area contributed by atoms with E-state index in [0.29, 0.717) is 4.90 Å². The van der Waals surface area contributed by atoms with Crippen LogP contribution in [0, 0.1) is 0 Å². The van der Waals surface area contributed by atoms with Gasteiger partial charge in [-0.1, -0.05) is 23.3 Å². The number of halogens is 3. The largest absolute Gasteiger partial charge is 0.470 e. The molecule has 0 saturated carbocycles. The van der Waals surface area contributed by atoms with Gasteiger partial charge in [-0.3, -0.25) is 0 Å². The third kappa shape index (κ3) is 3.11. The number of nitrogens with zero attached hydrogens (tertiary/aromatic N) is 3. The molecule has 0 spiro atoms. The van der Waals surface area contributed by atoms with Gasteiger partial charge < -0.3 is 4.42 Å². The van der Waals surface area contributed by atoms with E-state index in [1.165, 1.54) is 6.26 Å². The fourth-order valence-electron chi connectivity index (χ4n) is 1.24. The number of hydrogen-bond donors (Lipinski definition) is 0. The quantitative estimate of drug-likeness (QED) is 0.853. The minimum absolute atomic E-state index is 0.363. The van der Waals surface area contributed by atoms with Crippen molar-refractivity contribution >= 4 is 15.7 Å². The Hall–Kier alpha value is -1.90. The molecule has 0 radical (unpaired) electrons. The summed E-state index contributed by atoms with van der Waals surface area (Å²) in [7, 11) is -2.93. The van der Waals surface area contributed by atoms with Crippen LogP contribution < -0.4 is 0 Å². The summed E-state index contributed by atoms with van der Waals surface area (Å²) in [5.74, 6) is -1.52. The summed E-state index contributed by atoms with van der Waals surface area (Å²) in [6.45, 7) is 0. The van der Waals surface area contributed by atoms with Gasteiger partial charge >= 0.3 is 18.1 Å². The van der Waals surface area contributed by atoms with E-state index in [9.17, 15) is 17.4 Å². The summed E-state index contributed by atoms with van der Waals surface area (Å²) < 4.78 is 56.9. The minimum atomic E-state index is -4.75. The predicted molar refractivity (Wildman–Crippen MR) is 60.2 cm³/mol. The molecule has 0 bridgehead atoms. The van der Waals surface area contributed by atoms with E-state index in [1.807, 2.05) is 0 Å². The summed E-state index contributed by atoms with van der Waals surface area (Å²) in [6.07, 6.45) is -3.47. The summed E-state index contributed by atoms with van der Waals surface area (Å²) >= 11 is 0. The highest BCUT2D eigenvalue weighted by molar-refractivity contribution is 7.93. The van der Waals surface area contributed by atoms with Crippen LogP contribution in [0.5, 0.6) is 0 Å². The third-order valence-electron chi connectivity index (χ3n) is 2.09. The highest BCUT2D eigenvalue weighted by Gasteiger charge is 2.38. The standard InChI is InChI=1S/C10H8F3N3O2S/c1-19(17,7-5-3-2-4-6-7)16-9-15-14-8(18-9)10(11,12)13/h2-6H,1H3. The van der Waals surface area contributed by atoms with E-state index in [1.54, 1.807) is 30.3 Å². The van der Waals surface area contributed by atoms with Gasteiger partial charge in [-0.25, -0.2) is 4.21 Å². The zero-order chi connectivity index (χ0) is 14.1. The fraction of sp³-hybridized carbons (Fsp3) is 0.200. The summed E-state index contributed by atoms with van der Waals surface area (Å²) in [4.78, 5) is 0.363. The Bertz CT molecular complexity index is 688. The van der Waals surface area contributed by atoms with Gasteiger partial charge in [0.25, 0.3) is 0 Å². The number of rotatable bonds is 2. The molecule has 2 aromatic rings. The fourth-order valence-corrected chi connectivity index (χ4v) is 2.38. The molecule has 102 valence electrons. The van der Waals surface area contributed by atoms with Gasteiger partial charge in [-0.2, -0.15) is 13.2 Å². The second-order valence-corrected chi connectivity index (χ2v) is 5.85. The molecule has 5 nitrogen and oxygen atoms in total. The number of hydrogen-bond acceptors (Lipinski definition) is 5. The average molecular weight is 291 g/mol. The van der Waals surface area contributed by atoms with Crippen molar-refractivity contribution < 1.29 is 21.8 Å². The number of benzene rings is 1. The van der Waals surface area contributed by atoms with Crippen LogP contribution in [-0.4, -0.2) is 20.7 Å². The first-order valence-corrected chi connectivity index (χ1v) is 6.89. The molecular weight excluding hydrogens is 283 g/mol. The first-order valence-electron chi connectivity index (χ1n) is 4.97. The van der Waals surface area contributed by atoms with Crippen LogP contribution in [0.3, 0.4) is 0 Å². The molecule has 0 saturated heterocycles. The van der Waals surface area contributed by atoms with Crippen LogP contribution in [0.4, 0.5) is 19.2 Å². The smallest absolute Gasteiger partial charge is 0.397 e. The molecule has 9 heteroatoms. The van der Waals surface area contributed by atoms with E-state index in [4.69, 9.17) is 0 Å². The van der Waals surface area contributed by atoms with Crippen LogP contribution in [0.2, 0.25) is 0 Å². The Morgan fingerprint density at radius 2 is 1.84 bits per heavy atom. The van der Waals surface area contributed by atoms with E-state index < -0.39 is 27.8 Å². The van der Waals surface area contributed by atoms with Crippen LogP contribution >= 0.6 is 0 Å². The highest BCUT2D eigenvalue weighted by atomic mass is 32.2. The second-order valence-electron chi connectivity index (χ2n) is 3.59. The highest BCUT2D eigenvalue weighted by Crippen LogP contribution is 2.30. The summed E-state index contributed by atoms with van der Waals surface area (Å²) in [5, 5.41) is 5.92. The lowest BCUT2D eigenvalue weighted by atomic mass is 10.4. The first-order chi connectivity index (χ1) is 8.79. The van der Waals surface area contributed by atoms with Gasteiger partial charge in [0, 0.05) is 11.2 Å². The van der Waals surface area contributed by atoms with Crippen molar-refractivity contribution in [1.29, 1.82) is 0 Å². The van der Waals surface area contributed by atoms with E-state index in [-0.39, 0.29) is 0 Å². The Morgan fingerprint density at radius 1 is 1.21 bits per heavy atom. The van der Waals surface area contributed by atoms with Crippen molar-refractivity contribution in [2.24, 2.45) is 4.36 Å². The molecular formula is C10H8F3N3O2S. The predicted octanol–water partition coefficient (Wildman–Crippen LogP) is 2.88. The van der Waals surface area contributed by atoms with Crippen LogP contribution in [0.15, 0.2) is 44.0 Å². The van der Waals surface area contributed by atoms with Gasteiger partial charge in [0.05, 0.1) is 9.73 Å². The Balaban J connectivity index is 2.41. The normalized spacial score (nSPS) is 14.9. The Labute approximate surface area is 106 Å². The molecule has 0 fully saturated rings. The molecule has 2 rings (SSSR count). The van der Waals surface area contributed by atoms with Crippen LogP contribution in [0.1, 0.15) is 5.89 Å². The van der Waals surface area contributed by atoms with Crippen molar-refractivity contribution in [2.45, 2.75) is 11.1 Å². The maximum atomic E-state index is 12.2. The van der Waals surface area contributed by atoms with Gasteiger partial charge in [0.2, 0.25) is 0 Å². The maximum absolute atomic E-state index is 12.2. The minimum Gasteiger partial charge on any atom is -0.397 e. The van der Waals surface area contributed by atoms with Gasteiger partial charge in [0.1, 0.15) is 0 Å². The molecule has 0 aliphatic heterocycles. The SMILES string of the molecule is CS(=O)(=Nc1nnc(C(F)(F)F)o1)c1ccccc1.